The van der Waals surface area contributed by atoms with E-state index in [2.05, 4.69) is 0 Å². The Bertz CT molecular complexity index is 1060. The summed E-state index contributed by atoms with van der Waals surface area (Å²) in [7, 11) is 0. The van der Waals surface area contributed by atoms with Gasteiger partial charge < -0.3 is 0 Å². The Hall–Kier alpha value is -2.30. The second-order valence-corrected chi connectivity index (χ2v) is 7.37. The largest absolute Gasteiger partial charge is 0.417 e. The first-order valence-electron chi connectivity index (χ1n) is 8.21. The topological polar surface area (TPSA) is 46.2 Å². The maximum atomic E-state index is 14.7. The van der Waals surface area contributed by atoms with Crippen molar-refractivity contribution in [1.82, 2.24) is 5.32 Å². The van der Waals surface area contributed by atoms with Crippen LogP contribution in [0.2, 0.25) is 15.1 Å². The van der Waals surface area contributed by atoms with E-state index in [1.54, 1.807) is 0 Å². The normalized spacial score (nSPS) is 13.6. The van der Waals surface area contributed by atoms with Gasteiger partial charge in [0.25, 0.3) is 5.91 Å². The zero-order chi connectivity index (χ0) is 24.4. The van der Waals surface area contributed by atoms with Gasteiger partial charge in [0.1, 0.15) is 11.7 Å². The molecule has 3 nitrogen and oxygen atoms in total. The number of alkyl halides is 6. The van der Waals surface area contributed by atoms with Gasteiger partial charge in [-0.2, -0.15) is 26.3 Å². The van der Waals surface area contributed by atoms with Crippen molar-refractivity contribution in [2.24, 2.45) is 0 Å². The Morgan fingerprint density at radius 3 is 2.00 bits per heavy atom. The first kappa shape index (κ1) is 26.0. The van der Waals surface area contributed by atoms with Gasteiger partial charge in [0, 0.05) is 5.56 Å². The molecule has 0 saturated heterocycles. The zero-order valence-electron chi connectivity index (χ0n) is 15.2. The van der Waals surface area contributed by atoms with Gasteiger partial charge in [-0.15, -0.1) is 0 Å². The molecule has 0 heterocycles. The smallest absolute Gasteiger partial charge is 0.295 e. The highest BCUT2D eigenvalue weighted by molar-refractivity contribution is 6.48. The average Bonchev–Trinajstić information content (AvgIpc) is 2.67. The monoisotopic (exact) mass is 521 g/mol. The molecule has 1 atom stereocenters. The molecule has 0 aromatic heterocycles. The molecule has 0 saturated carbocycles. The Balaban J connectivity index is 2.62. The van der Waals surface area contributed by atoms with Gasteiger partial charge >= 0.3 is 12.4 Å². The van der Waals surface area contributed by atoms with Crippen molar-refractivity contribution in [2.45, 2.75) is 18.3 Å². The summed E-state index contributed by atoms with van der Waals surface area (Å²) in [5, 5.41) is 0.574. The number of rotatable bonds is 5. The molecule has 0 radical (unpaired) electrons. The van der Waals surface area contributed by atoms with Crippen molar-refractivity contribution in [3.63, 3.8) is 0 Å². The minimum atomic E-state index is -5.17. The van der Waals surface area contributed by atoms with Gasteiger partial charge in [0.05, 0.1) is 26.2 Å². The summed E-state index contributed by atoms with van der Waals surface area (Å²) in [5.74, 6) is -5.73. The second kappa shape index (κ2) is 9.68. The van der Waals surface area contributed by atoms with E-state index in [1.165, 1.54) is 5.32 Å². The molecule has 2 rings (SSSR count). The van der Waals surface area contributed by atoms with Gasteiger partial charge in [-0.05, 0) is 35.9 Å². The van der Waals surface area contributed by atoms with Crippen LogP contribution in [0.1, 0.15) is 33.0 Å². The summed E-state index contributed by atoms with van der Waals surface area (Å²) in [4.78, 5) is 22.0. The number of benzene rings is 2. The van der Waals surface area contributed by atoms with E-state index < -0.39 is 52.3 Å². The summed E-state index contributed by atoms with van der Waals surface area (Å²) in [6.45, 7) is 0. The van der Waals surface area contributed by atoms with Crippen LogP contribution in [0.5, 0.6) is 0 Å². The van der Waals surface area contributed by atoms with E-state index in [4.69, 9.17) is 34.8 Å². The molecule has 0 bridgehead atoms. The highest BCUT2D eigenvalue weighted by Crippen LogP contribution is 2.42. The third kappa shape index (κ3) is 5.93. The molecule has 0 fully saturated rings. The average molecular weight is 523 g/mol. The van der Waals surface area contributed by atoms with Crippen molar-refractivity contribution >= 4 is 52.9 Å². The maximum absolute atomic E-state index is 14.7. The molecule has 0 spiro atoms. The van der Waals surface area contributed by atoms with Crippen LogP contribution in [0.15, 0.2) is 36.4 Å². The first-order valence-corrected chi connectivity index (χ1v) is 9.34. The summed E-state index contributed by atoms with van der Waals surface area (Å²) < 4.78 is 95.3. The molecule has 2 aromatic rings. The Morgan fingerprint density at radius 2 is 1.53 bits per heavy atom. The lowest BCUT2D eigenvalue weighted by atomic mass is 9.95. The lowest BCUT2D eigenvalue weighted by molar-refractivity contribution is -0.140. The van der Waals surface area contributed by atoms with Crippen LogP contribution in [-0.2, 0) is 11.0 Å². The molecule has 13 heteroatoms. The number of hydrogen-bond acceptors (Lipinski definition) is 2. The van der Waals surface area contributed by atoms with Gasteiger partial charge in [-0.25, -0.2) is 4.39 Å². The van der Waals surface area contributed by atoms with Crippen LogP contribution in [0.3, 0.4) is 0 Å². The van der Waals surface area contributed by atoms with Crippen LogP contribution < -0.4 is 5.32 Å². The molecule has 0 aliphatic heterocycles. The van der Waals surface area contributed by atoms with Gasteiger partial charge in [-0.1, -0.05) is 40.9 Å². The fourth-order valence-corrected chi connectivity index (χ4v) is 3.25. The second-order valence-electron chi connectivity index (χ2n) is 6.18. The number of amides is 2. The predicted octanol–water partition coefficient (Wildman–Crippen LogP) is 7.21. The van der Waals surface area contributed by atoms with E-state index in [1.807, 2.05) is 0 Å². The Labute approximate surface area is 190 Å². The lowest BCUT2D eigenvalue weighted by Crippen LogP contribution is -2.25. The van der Waals surface area contributed by atoms with E-state index in [-0.39, 0.29) is 33.6 Å². The number of hydrogen-bond donors (Lipinski definition) is 1. The van der Waals surface area contributed by atoms with E-state index >= 15 is 0 Å². The molecule has 0 aliphatic rings. The first-order chi connectivity index (χ1) is 14.7. The quantitative estimate of drug-likeness (QED) is 0.256. The fraction of sp³-hybridized carbons (Fsp3) is 0.158. The molecular formula is C19H9Cl3F7NO2. The third-order valence-corrected chi connectivity index (χ3v) is 5.26. The summed E-state index contributed by atoms with van der Waals surface area (Å²) in [6.07, 6.45) is -10.4. The molecule has 2 aromatic carbocycles. The summed E-state index contributed by atoms with van der Waals surface area (Å²) in [5.41, 5.74) is -4.17. The van der Waals surface area contributed by atoms with Crippen molar-refractivity contribution in [3.05, 3.63) is 73.7 Å². The van der Waals surface area contributed by atoms with Crippen LogP contribution in [0.25, 0.3) is 5.83 Å². The van der Waals surface area contributed by atoms with Crippen molar-refractivity contribution in [3.8, 4) is 0 Å². The standard InChI is InChI=1S/C19H9Cl3F7NO2/c20-13-4-9(5-14(21)16(13)22)11(18(24,25)26)6-15(23)8-1-2-10(17(32)30-7-31)12(3-8)19(27,28)29/h1-7,11H,(H,30,31,32)/b15-6-. The number of imide groups is 1. The number of carbonyl (C=O) groups is 2. The Kier molecular flexibility index (Phi) is 7.85. The molecule has 32 heavy (non-hydrogen) atoms. The van der Waals surface area contributed by atoms with Crippen LogP contribution in [0.4, 0.5) is 30.7 Å². The maximum Gasteiger partial charge on any atom is 0.417 e. The van der Waals surface area contributed by atoms with Crippen LogP contribution in [0, 0.1) is 0 Å². The third-order valence-electron chi connectivity index (χ3n) is 4.07. The van der Waals surface area contributed by atoms with E-state index in [0.29, 0.717) is 12.1 Å². The minimum Gasteiger partial charge on any atom is -0.295 e. The van der Waals surface area contributed by atoms with Gasteiger partial charge in [0.15, 0.2) is 0 Å². The zero-order valence-corrected chi connectivity index (χ0v) is 17.5. The SMILES string of the molecule is O=CNC(=O)c1ccc(/C(F)=C/C(c2cc(Cl)c(Cl)c(Cl)c2)C(F)(F)F)cc1C(F)(F)F. The van der Waals surface area contributed by atoms with E-state index in [9.17, 15) is 40.3 Å². The molecule has 1 unspecified atom stereocenters. The predicted molar refractivity (Wildman–Crippen MR) is 104 cm³/mol. The number of carbonyl (C=O) groups excluding carboxylic acids is 2. The van der Waals surface area contributed by atoms with Crippen molar-refractivity contribution in [1.29, 1.82) is 0 Å². The lowest BCUT2D eigenvalue weighted by Gasteiger charge is -2.19. The molecule has 172 valence electrons. The summed E-state index contributed by atoms with van der Waals surface area (Å²) >= 11 is 17.1. The van der Waals surface area contributed by atoms with Gasteiger partial charge in [-0.3, -0.25) is 14.9 Å². The minimum absolute atomic E-state index is 0.0382. The number of nitrogens with one attached hydrogen (secondary N) is 1. The van der Waals surface area contributed by atoms with E-state index in [0.717, 1.165) is 12.1 Å². The van der Waals surface area contributed by atoms with Gasteiger partial charge in [0.2, 0.25) is 6.41 Å². The molecule has 2 amide bonds. The molecule has 0 aliphatic carbocycles. The summed E-state index contributed by atoms with van der Waals surface area (Å²) in [6, 6.07) is 2.94. The fourth-order valence-electron chi connectivity index (χ4n) is 2.63. The van der Waals surface area contributed by atoms with Crippen molar-refractivity contribution < 1.29 is 40.3 Å². The highest BCUT2D eigenvalue weighted by Gasteiger charge is 2.41. The number of allylic oxidation sites excluding steroid dienone is 1. The molecular weight excluding hydrogens is 514 g/mol. The van der Waals surface area contributed by atoms with Crippen molar-refractivity contribution in [2.75, 3.05) is 0 Å². The highest BCUT2D eigenvalue weighted by atomic mass is 35.5. The Morgan fingerprint density at radius 1 is 0.969 bits per heavy atom. The van der Waals surface area contributed by atoms with Crippen LogP contribution in [-0.4, -0.2) is 18.5 Å². The van der Waals surface area contributed by atoms with Crippen LogP contribution >= 0.6 is 34.8 Å². The molecule has 1 N–H and O–H groups in total. The number of halogens is 10.